The highest BCUT2D eigenvalue weighted by atomic mass is 35.5. The summed E-state index contributed by atoms with van der Waals surface area (Å²) in [7, 11) is 0. The van der Waals surface area contributed by atoms with Gasteiger partial charge in [0.2, 0.25) is 6.79 Å². The maximum absolute atomic E-state index is 12.8. The Balaban J connectivity index is 1.66. The lowest BCUT2D eigenvalue weighted by atomic mass is 10.0. The molecule has 1 aliphatic rings. The normalized spacial score (nSPS) is 12.0. The number of amides is 1. The third kappa shape index (κ3) is 4.52. The minimum Gasteiger partial charge on any atom is -0.462 e. The minimum absolute atomic E-state index is 0.200. The number of esters is 1. The molecule has 0 radical (unpaired) electrons. The molecule has 2 aromatic carbocycles. The summed E-state index contributed by atoms with van der Waals surface area (Å²) < 4.78 is 16.1. The zero-order valence-electron chi connectivity index (χ0n) is 17.0. The average Bonchev–Trinajstić information content (AvgIpc) is 3.32. The van der Waals surface area contributed by atoms with E-state index in [0.29, 0.717) is 39.1 Å². The summed E-state index contributed by atoms with van der Waals surface area (Å²) >= 11 is 7.26. The van der Waals surface area contributed by atoms with Crippen LogP contribution in [0.5, 0.6) is 11.5 Å². The van der Waals surface area contributed by atoms with Gasteiger partial charge in [-0.1, -0.05) is 17.7 Å². The topological polar surface area (TPSA) is 73.9 Å². The molecule has 3 aromatic rings. The van der Waals surface area contributed by atoms with Crippen LogP contribution in [0.2, 0.25) is 5.02 Å². The van der Waals surface area contributed by atoms with Crippen LogP contribution in [-0.4, -0.2) is 25.3 Å². The number of rotatable bonds is 6. The molecule has 0 saturated carbocycles. The predicted molar refractivity (Wildman–Crippen MR) is 120 cm³/mol. The van der Waals surface area contributed by atoms with E-state index >= 15 is 0 Å². The summed E-state index contributed by atoms with van der Waals surface area (Å²) in [6.07, 6.45) is 0.490. The Morgan fingerprint density at radius 2 is 1.87 bits per heavy atom. The van der Waals surface area contributed by atoms with Crippen LogP contribution in [0.3, 0.4) is 0 Å². The molecule has 0 fully saturated rings. The molecule has 1 aliphatic heterocycles. The SMILES string of the molecule is CCOC(=O)c1c(NC(=O)c2ccc(Cl)cc2)sc(C)c1Cc1ccc2c(c1)OCO2. The Labute approximate surface area is 188 Å². The molecule has 160 valence electrons. The largest absolute Gasteiger partial charge is 0.462 e. The maximum Gasteiger partial charge on any atom is 0.341 e. The van der Waals surface area contributed by atoms with Gasteiger partial charge in [0, 0.05) is 15.5 Å². The van der Waals surface area contributed by atoms with Gasteiger partial charge in [0.1, 0.15) is 5.00 Å². The molecule has 4 rings (SSSR count). The van der Waals surface area contributed by atoms with E-state index in [4.69, 9.17) is 25.8 Å². The van der Waals surface area contributed by atoms with Crippen LogP contribution in [0.1, 0.15) is 43.6 Å². The van der Waals surface area contributed by atoms with Gasteiger partial charge in [0.05, 0.1) is 12.2 Å². The lowest BCUT2D eigenvalue weighted by Crippen LogP contribution is -2.15. The third-order valence-corrected chi connectivity index (χ3v) is 6.15. The molecular formula is C23H20ClNO5S. The van der Waals surface area contributed by atoms with Gasteiger partial charge in [-0.2, -0.15) is 0 Å². The first-order valence-electron chi connectivity index (χ1n) is 9.71. The highest BCUT2D eigenvalue weighted by molar-refractivity contribution is 7.16. The second kappa shape index (κ2) is 8.99. The van der Waals surface area contributed by atoms with E-state index in [1.165, 1.54) is 11.3 Å². The number of anilines is 1. The fourth-order valence-electron chi connectivity index (χ4n) is 3.33. The zero-order valence-corrected chi connectivity index (χ0v) is 18.6. The zero-order chi connectivity index (χ0) is 22.0. The number of hydrogen-bond donors (Lipinski definition) is 1. The summed E-state index contributed by atoms with van der Waals surface area (Å²) in [5.74, 6) is 0.596. The van der Waals surface area contributed by atoms with Gasteiger partial charge in [0.25, 0.3) is 5.91 Å². The first-order chi connectivity index (χ1) is 15.0. The van der Waals surface area contributed by atoms with E-state index < -0.39 is 5.97 Å². The van der Waals surface area contributed by atoms with Gasteiger partial charge in [-0.3, -0.25) is 4.79 Å². The quantitative estimate of drug-likeness (QED) is 0.497. The van der Waals surface area contributed by atoms with Crippen LogP contribution in [0.15, 0.2) is 42.5 Å². The van der Waals surface area contributed by atoms with Crippen LogP contribution in [0.25, 0.3) is 0 Å². The molecule has 6 nitrogen and oxygen atoms in total. The van der Waals surface area contributed by atoms with E-state index in [2.05, 4.69) is 5.32 Å². The molecule has 0 bridgehead atoms. The highest BCUT2D eigenvalue weighted by Crippen LogP contribution is 2.38. The fourth-order valence-corrected chi connectivity index (χ4v) is 4.51. The molecule has 0 spiro atoms. The van der Waals surface area contributed by atoms with E-state index in [1.54, 1.807) is 31.2 Å². The molecule has 2 heterocycles. The summed E-state index contributed by atoms with van der Waals surface area (Å²) in [6.45, 7) is 4.11. The lowest BCUT2D eigenvalue weighted by molar-refractivity contribution is 0.0527. The molecule has 1 amide bonds. The molecule has 31 heavy (non-hydrogen) atoms. The van der Waals surface area contributed by atoms with Crippen LogP contribution >= 0.6 is 22.9 Å². The third-order valence-electron chi connectivity index (χ3n) is 4.84. The molecular weight excluding hydrogens is 438 g/mol. The first kappa shape index (κ1) is 21.2. The van der Waals surface area contributed by atoms with Gasteiger partial charge in [0.15, 0.2) is 11.5 Å². The number of carbonyl (C=O) groups excluding carboxylic acids is 2. The molecule has 0 saturated heterocycles. The Bertz CT molecular complexity index is 1140. The monoisotopic (exact) mass is 457 g/mol. The molecule has 1 N–H and O–H groups in total. The van der Waals surface area contributed by atoms with Crippen molar-refractivity contribution in [1.82, 2.24) is 0 Å². The number of hydrogen-bond acceptors (Lipinski definition) is 6. The van der Waals surface area contributed by atoms with Crippen molar-refractivity contribution in [2.45, 2.75) is 20.3 Å². The molecule has 0 unspecified atom stereocenters. The van der Waals surface area contributed by atoms with E-state index in [0.717, 1.165) is 16.0 Å². The average molecular weight is 458 g/mol. The van der Waals surface area contributed by atoms with Crippen LogP contribution in [0, 0.1) is 6.92 Å². The van der Waals surface area contributed by atoms with Gasteiger partial charge in [-0.05, 0) is 67.8 Å². The summed E-state index contributed by atoms with van der Waals surface area (Å²) in [4.78, 5) is 26.5. The number of thiophene rings is 1. The van der Waals surface area contributed by atoms with Crippen molar-refractivity contribution in [3.05, 3.63) is 74.6 Å². The van der Waals surface area contributed by atoms with Crippen molar-refractivity contribution >= 4 is 39.8 Å². The Hall–Kier alpha value is -3.03. The van der Waals surface area contributed by atoms with Crippen molar-refractivity contribution in [3.63, 3.8) is 0 Å². The number of nitrogens with one attached hydrogen (secondary N) is 1. The van der Waals surface area contributed by atoms with Crippen LogP contribution in [-0.2, 0) is 11.2 Å². The second-order valence-corrected chi connectivity index (χ2v) is 8.55. The minimum atomic E-state index is -0.464. The van der Waals surface area contributed by atoms with Crippen molar-refractivity contribution in [1.29, 1.82) is 0 Å². The summed E-state index contributed by atoms with van der Waals surface area (Å²) in [5.41, 5.74) is 2.60. The van der Waals surface area contributed by atoms with Gasteiger partial charge >= 0.3 is 5.97 Å². The Kier molecular flexibility index (Phi) is 6.15. The first-order valence-corrected chi connectivity index (χ1v) is 10.9. The summed E-state index contributed by atoms with van der Waals surface area (Å²) in [6, 6.07) is 12.3. The number of carbonyl (C=O) groups is 2. The molecule has 0 aliphatic carbocycles. The van der Waals surface area contributed by atoms with Gasteiger partial charge in [-0.25, -0.2) is 4.79 Å². The van der Waals surface area contributed by atoms with Crippen molar-refractivity contribution in [2.24, 2.45) is 0 Å². The number of halogens is 1. The number of aryl methyl sites for hydroxylation is 1. The van der Waals surface area contributed by atoms with Crippen molar-refractivity contribution in [2.75, 3.05) is 18.7 Å². The molecule has 1 aromatic heterocycles. The molecule has 0 atom stereocenters. The van der Waals surface area contributed by atoms with Crippen molar-refractivity contribution < 1.29 is 23.8 Å². The second-order valence-electron chi connectivity index (χ2n) is 6.89. The van der Waals surface area contributed by atoms with E-state index in [9.17, 15) is 9.59 Å². The van der Waals surface area contributed by atoms with Crippen LogP contribution < -0.4 is 14.8 Å². The Morgan fingerprint density at radius 3 is 2.61 bits per heavy atom. The van der Waals surface area contributed by atoms with Gasteiger partial charge in [-0.15, -0.1) is 11.3 Å². The van der Waals surface area contributed by atoms with E-state index in [-0.39, 0.29) is 19.3 Å². The fraction of sp³-hybridized carbons (Fsp3) is 0.217. The number of fused-ring (bicyclic) bond motifs is 1. The highest BCUT2D eigenvalue weighted by Gasteiger charge is 2.25. The maximum atomic E-state index is 12.8. The number of ether oxygens (including phenoxy) is 3. The smallest absolute Gasteiger partial charge is 0.341 e. The predicted octanol–water partition coefficient (Wildman–Crippen LogP) is 5.46. The van der Waals surface area contributed by atoms with Crippen molar-refractivity contribution in [3.8, 4) is 11.5 Å². The number of benzene rings is 2. The van der Waals surface area contributed by atoms with Gasteiger partial charge < -0.3 is 19.5 Å². The van der Waals surface area contributed by atoms with E-state index in [1.807, 2.05) is 25.1 Å². The summed E-state index contributed by atoms with van der Waals surface area (Å²) in [5, 5.41) is 3.87. The Morgan fingerprint density at radius 1 is 1.13 bits per heavy atom. The van der Waals surface area contributed by atoms with Crippen LogP contribution in [0.4, 0.5) is 5.00 Å². The standard InChI is InChI=1S/C23H20ClNO5S/c1-3-28-23(27)20-17(10-14-4-9-18-19(11-14)30-12-29-18)13(2)31-22(20)25-21(26)15-5-7-16(24)8-6-15/h4-9,11H,3,10,12H2,1-2H3,(H,25,26). The molecule has 8 heteroatoms. The lowest BCUT2D eigenvalue weighted by Gasteiger charge is -2.10.